The molecule has 6 nitrogen and oxygen atoms in total. The molecular weight excluding hydrogens is 290 g/mol. The van der Waals surface area contributed by atoms with Crippen LogP contribution in [-0.4, -0.2) is 30.8 Å². The van der Waals surface area contributed by atoms with E-state index in [2.05, 4.69) is 9.82 Å². The summed E-state index contributed by atoms with van der Waals surface area (Å²) in [4.78, 5) is 0.277. The molecule has 1 aliphatic heterocycles. The lowest BCUT2D eigenvalue weighted by Gasteiger charge is -2.14. The van der Waals surface area contributed by atoms with Gasteiger partial charge in [0, 0.05) is 24.9 Å². The third kappa shape index (κ3) is 3.08. The third-order valence-electron chi connectivity index (χ3n) is 3.35. The largest absolute Gasteiger partial charge is 0.493 e. The number of hydrogen-bond acceptors (Lipinski definition) is 4. The lowest BCUT2D eigenvalue weighted by Crippen LogP contribution is -2.35. The summed E-state index contributed by atoms with van der Waals surface area (Å²) in [6, 6.07) is 6.54. The van der Waals surface area contributed by atoms with Crippen molar-refractivity contribution in [1.29, 1.82) is 0 Å². The van der Waals surface area contributed by atoms with Gasteiger partial charge in [-0.1, -0.05) is 0 Å². The summed E-state index contributed by atoms with van der Waals surface area (Å²) in [5.41, 5.74) is 0.942. The molecule has 0 saturated heterocycles. The number of nitrogens with one attached hydrogen (secondary N) is 1. The van der Waals surface area contributed by atoms with E-state index >= 15 is 0 Å². The first-order chi connectivity index (χ1) is 10.0. The van der Waals surface area contributed by atoms with Gasteiger partial charge in [0.2, 0.25) is 10.0 Å². The average molecular weight is 307 g/mol. The van der Waals surface area contributed by atoms with E-state index in [9.17, 15) is 8.42 Å². The first-order valence-corrected chi connectivity index (χ1v) is 8.28. The molecule has 3 rings (SSSR count). The minimum atomic E-state index is -3.53. The number of benzene rings is 1. The van der Waals surface area contributed by atoms with Gasteiger partial charge >= 0.3 is 0 Å². The van der Waals surface area contributed by atoms with E-state index in [0.29, 0.717) is 13.2 Å². The normalized spacial score (nSPS) is 15.5. The molecule has 2 heterocycles. The predicted molar refractivity (Wildman–Crippen MR) is 77.7 cm³/mol. The zero-order chi connectivity index (χ0) is 14.9. The van der Waals surface area contributed by atoms with Gasteiger partial charge in [-0.25, -0.2) is 13.1 Å². The molecule has 1 atom stereocenters. The summed E-state index contributed by atoms with van der Waals surface area (Å²) in [6.07, 6.45) is 4.22. The van der Waals surface area contributed by atoms with Crippen LogP contribution in [0.25, 0.3) is 0 Å². The Labute approximate surface area is 123 Å². The topological polar surface area (TPSA) is 73.2 Å². The predicted octanol–water partition coefficient (Wildman–Crippen LogP) is 1.19. The van der Waals surface area contributed by atoms with Gasteiger partial charge < -0.3 is 4.74 Å². The molecule has 0 saturated carbocycles. The van der Waals surface area contributed by atoms with Crippen molar-refractivity contribution in [3.8, 4) is 5.75 Å². The van der Waals surface area contributed by atoms with E-state index in [1.165, 1.54) is 0 Å². The quantitative estimate of drug-likeness (QED) is 0.900. The van der Waals surface area contributed by atoms with E-state index < -0.39 is 10.0 Å². The van der Waals surface area contributed by atoms with Crippen molar-refractivity contribution in [3.05, 3.63) is 42.2 Å². The molecular formula is C14H17N3O3S. The van der Waals surface area contributed by atoms with Crippen molar-refractivity contribution in [3.63, 3.8) is 0 Å². The summed E-state index contributed by atoms with van der Waals surface area (Å²) in [7, 11) is -3.53. The molecule has 0 unspecified atom stereocenters. The Bertz CT molecular complexity index is 726. The highest BCUT2D eigenvalue weighted by atomic mass is 32.2. The van der Waals surface area contributed by atoms with Crippen LogP contribution in [0, 0.1) is 0 Å². The number of rotatable bonds is 5. The molecule has 1 aromatic heterocycles. The van der Waals surface area contributed by atoms with Crippen LogP contribution in [0.5, 0.6) is 5.75 Å². The maximum atomic E-state index is 12.4. The van der Waals surface area contributed by atoms with Crippen molar-refractivity contribution < 1.29 is 13.2 Å². The average Bonchev–Trinajstić information content (AvgIpc) is 3.07. The van der Waals surface area contributed by atoms with E-state index in [4.69, 9.17) is 4.74 Å². The number of ether oxygens (including phenoxy) is 1. The Morgan fingerprint density at radius 3 is 3.10 bits per heavy atom. The summed E-state index contributed by atoms with van der Waals surface area (Å²) in [5.74, 6) is 0.776. The monoisotopic (exact) mass is 307 g/mol. The van der Waals surface area contributed by atoms with Crippen molar-refractivity contribution >= 4 is 10.0 Å². The zero-order valence-electron chi connectivity index (χ0n) is 11.7. The van der Waals surface area contributed by atoms with Crippen LogP contribution in [0.4, 0.5) is 0 Å². The van der Waals surface area contributed by atoms with Gasteiger partial charge in [-0.05, 0) is 36.8 Å². The molecule has 1 aromatic carbocycles. The highest BCUT2D eigenvalue weighted by Crippen LogP contribution is 2.27. The van der Waals surface area contributed by atoms with E-state index in [1.807, 2.05) is 13.0 Å². The number of nitrogens with zero attached hydrogens (tertiary/aromatic N) is 2. The van der Waals surface area contributed by atoms with E-state index in [-0.39, 0.29) is 10.9 Å². The van der Waals surface area contributed by atoms with Crippen LogP contribution in [-0.2, 0) is 23.0 Å². The second-order valence-electron chi connectivity index (χ2n) is 5.12. The van der Waals surface area contributed by atoms with Crippen molar-refractivity contribution in [2.45, 2.75) is 30.8 Å². The standard InChI is InChI=1S/C14H17N3O3S/c1-11(10-17-7-2-6-15-17)16-21(18,19)13-3-4-14-12(9-13)5-8-20-14/h2-4,6-7,9,11,16H,5,8,10H2,1H3/t11-/m0/s1. The van der Waals surface area contributed by atoms with Crippen LogP contribution < -0.4 is 9.46 Å². The van der Waals surface area contributed by atoms with Crippen LogP contribution >= 0.6 is 0 Å². The Morgan fingerprint density at radius 1 is 1.48 bits per heavy atom. The van der Waals surface area contributed by atoms with Crippen molar-refractivity contribution in [2.75, 3.05) is 6.61 Å². The van der Waals surface area contributed by atoms with Crippen molar-refractivity contribution in [1.82, 2.24) is 14.5 Å². The Kier molecular flexibility index (Phi) is 3.69. The molecule has 0 spiro atoms. The van der Waals surface area contributed by atoms with E-state index in [0.717, 1.165) is 17.7 Å². The number of hydrogen-bond donors (Lipinski definition) is 1. The molecule has 0 bridgehead atoms. The lowest BCUT2D eigenvalue weighted by molar-refractivity contribution is 0.356. The fourth-order valence-corrected chi connectivity index (χ4v) is 3.67. The van der Waals surface area contributed by atoms with Crippen LogP contribution in [0.3, 0.4) is 0 Å². The molecule has 1 aliphatic rings. The first-order valence-electron chi connectivity index (χ1n) is 6.80. The summed E-state index contributed by atoms with van der Waals surface area (Å²) in [5, 5.41) is 4.07. The maximum Gasteiger partial charge on any atom is 0.240 e. The molecule has 2 aromatic rings. The molecule has 0 amide bonds. The molecule has 7 heteroatoms. The van der Waals surface area contributed by atoms with Gasteiger partial charge in [-0.3, -0.25) is 4.68 Å². The molecule has 0 radical (unpaired) electrons. The molecule has 21 heavy (non-hydrogen) atoms. The van der Waals surface area contributed by atoms with E-state index in [1.54, 1.807) is 35.3 Å². The van der Waals surface area contributed by atoms with Gasteiger partial charge in [0.25, 0.3) is 0 Å². The fourth-order valence-electron chi connectivity index (χ4n) is 2.39. The molecule has 0 fully saturated rings. The van der Waals surface area contributed by atoms with Gasteiger partial charge in [-0.15, -0.1) is 0 Å². The van der Waals surface area contributed by atoms with Crippen molar-refractivity contribution in [2.24, 2.45) is 0 Å². The molecule has 112 valence electrons. The SMILES string of the molecule is C[C@@H](Cn1cccn1)NS(=O)(=O)c1ccc2c(c1)CCO2. The molecule has 1 N–H and O–H groups in total. The Balaban J connectivity index is 1.74. The fraction of sp³-hybridized carbons (Fsp3) is 0.357. The smallest absolute Gasteiger partial charge is 0.240 e. The van der Waals surface area contributed by atoms with Gasteiger partial charge in [-0.2, -0.15) is 5.10 Å². The first kappa shape index (κ1) is 14.1. The minimum absolute atomic E-state index is 0.251. The van der Waals surface area contributed by atoms with Gasteiger partial charge in [0.15, 0.2) is 0 Å². The van der Waals surface area contributed by atoms with Crippen LogP contribution in [0.2, 0.25) is 0 Å². The Morgan fingerprint density at radius 2 is 2.33 bits per heavy atom. The summed E-state index contributed by atoms with van der Waals surface area (Å²) < 4.78 is 34.5. The maximum absolute atomic E-state index is 12.4. The highest BCUT2D eigenvalue weighted by molar-refractivity contribution is 7.89. The minimum Gasteiger partial charge on any atom is -0.493 e. The van der Waals surface area contributed by atoms with Crippen LogP contribution in [0.1, 0.15) is 12.5 Å². The second-order valence-corrected chi connectivity index (χ2v) is 6.83. The second kappa shape index (κ2) is 5.50. The summed E-state index contributed by atoms with van der Waals surface area (Å²) in [6.45, 7) is 2.91. The Hall–Kier alpha value is -1.86. The molecule has 0 aliphatic carbocycles. The highest BCUT2D eigenvalue weighted by Gasteiger charge is 2.21. The number of fused-ring (bicyclic) bond motifs is 1. The van der Waals surface area contributed by atoms with Gasteiger partial charge in [0.05, 0.1) is 18.0 Å². The lowest BCUT2D eigenvalue weighted by atomic mass is 10.2. The number of sulfonamides is 1. The number of aromatic nitrogens is 2. The van der Waals surface area contributed by atoms with Crippen LogP contribution in [0.15, 0.2) is 41.6 Å². The third-order valence-corrected chi connectivity index (χ3v) is 4.93. The zero-order valence-corrected chi connectivity index (χ0v) is 12.5. The summed E-state index contributed by atoms with van der Waals surface area (Å²) >= 11 is 0. The van der Waals surface area contributed by atoms with Gasteiger partial charge in [0.1, 0.15) is 5.75 Å².